The first-order valence-electron chi connectivity index (χ1n) is 7.45. The summed E-state index contributed by atoms with van der Waals surface area (Å²) in [5, 5.41) is 7.26. The Bertz CT molecular complexity index is 731. The van der Waals surface area contributed by atoms with Crippen molar-refractivity contribution in [2.75, 3.05) is 0 Å². The van der Waals surface area contributed by atoms with Crippen LogP contribution in [0.3, 0.4) is 0 Å². The van der Waals surface area contributed by atoms with Gasteiger partial charge in [-0.05, 0) is 25.7 Å². The molecule has 1 saturated carbocycles. The number of aromatic nitrogens is 3. The van der Waals surface area contributed by atoms with Crippen LogP contribution < -0.4 is 10.9 Å². The van der Waals surface area contributed by atoms with Gasteiger partial charge in [0.2, 0.25) is 0 Å². The van der Waals surface area contributed by atoms with E-state index in [0.29, 0.717) is 22.8 Å². The van der Waals surface area contributed by atoms with Crippen LogP contribution in [0.15, 0.2) is 17.1 Å². The number of aromatic amines is 1. The molecule has 0 unspecified atom stereocenters. The molecule has 1 aliphatic rings. The van der Waals surface area contributed by atoms with Gasteiger partial charge in [0, 0.05) is 24.0 Å². The molecular weight excluding hydrogens is 268 g/mol. The molecule has 6 nitrogen and oxygen atoms in total. The van der Waals surface area contributed by atoms with Crippen molar-refractivity contribution in [3.05, 3.63) is 34.0 Å². The second-order valence-corrected chi connectivity index (χ2v) is 5.97. The Morgan fingerprint density at radius 1 is 1.43 bits per heavy atom. The summed E-state index contributed by atoms with van der Waals surface area (Å²) in [6.45, 7) is 3.95. The minimum Gasteiger partial charge on any atom is -0.348 e. The highest BCUT2D eigenvalue weighted by atomic mass is 16.2. The third-order valence-electron chi connectivity index (χ3n) is 4.26. The fourth-order valence-electron chi connectivity index (χ4n) is 3.01. The van der Waals surface area contributed by atoms with Crippen LogP contribution in [0.25, 0.3) is 5.52 Å². The Kier molecular flexibility index (Phi) is 3.53. The Labute approximate surface area is 122 Å². The summed E-state index contributed by atoms with van der Waals surface area (Å²) in [5.74, 6) is 0.292. The smallest absolute Gasteiger partial charge is 0.274 e. The van der Waals surface area contributed by atoms with E-state index in [1.807, 2.05) is 0 Å². The van der Waals surface area contributed by atoms with E-state index in [-0.39, 0.29) is 17.5 Å². The quantitative estimate of drug-likeness (QED) is 0.881. The molecule has 1 fully saturated rings. The Morgan fingerprint density at radius 3 is 2.95 bits per heavy atom. The molecule has 2 heterocycles. The Balaban J connectivity index is 1.84. The predicted octanol–water partition coefficient (Wildman–Crippen LogP) is 1.64. The molecule has 1 aliphatic carbocycles. The van der Waals surface area contributed by atoms with Gasteiger partial charge in [0.15, 0.2) is 5.69 Å². The molecule has 0 aliphatic heterocycles. The SMILES string of the molecule is Cc1cn2nc(C(=O)N[C@H]3CCCC[C@H]3C)cc2c(=O)[nH]1. The second kappa shape index (κ2) is 5.35. The van der Waals surface area contributed by atoms with Gasteiger partial charge >= 0.3 is 0 Å². The average Bonchev–Trinajstić information content (AvgIpc) is 2.85. The first kappa shape index (κ1) is 13.9. The fraction of sp³-hybridized carbons (Fsp3) is 0.533. The number of nitrogens with one attached hydrogen (secondary N) is 2. The Morgan fingerprint density at radius 2 is 2.19 bits per heavy atom. The number of rotatable bonds is 2. The van der Waals surface area contributed by atoms with E-state index >= 15 is 0 Å². The van der Waals surface area contributed by atoms with Crippen molar-refractivity contribution < 1.29 is 4.79 Å². The maximum absolute atomic E-state index is 12.3. The van der Waals surface area contributed by atoms with Crippen LogP contribution >= 0.6 is 0 Å². The van der Waals surface area contributed by atoms with Crippen molar-refractivity contribution in [3.63, 3.8) is 0 Å². The number of amides is 1. The predicted molar refractivity (Wildman–Crippen MR) is 79.4 cm³/mol. The summed E-state index contributed by atoms with van der Waals surface area (Å²) in [6, 6.07) is 1.75. The summed E-state index contributed by atoms with van der Waals surface area (Å²) in [6.07, 6.45) is 6.25. The van der Waals surface area contributed by atoms with Crippen LogP contribution in [0.4, 0.5) is 0 Å². The number of hydrogen-bond acceptors (Lipinski definition) is 3. The summed E-state index contributed by atoms with van der Waals surface area (Å²) in [5.41, 5.74) is 1.17. The van der Waals surface area contributed by atoms with E-state index in [0.717, 1.165) is 19.3 Å². The maximum Gasteiger partial charge on any atom is 0.274 e. The molecule has 21 heavy (non-hydrogen) atoms. The maximum atomic E-state index is 12.3. The molecule has 112 valence electrons. The number of nitrogens with zero attached hydrogens (tertiary/aromatic N) is 2. The lowest BCUT2D eigenvalue weighted by Crippen LogP contribution is -2.41. The minimum atomic E-state index is -0.229. The van der Waals surface area contributed by atoms with Crippen LogP contribution in [0.5, 0.6) is 0 Å². The number of aryl methyl sites for hydroxylation is 1. The van der Waals surface area contributed by atoms with Crippen LogP contribution in [0.2, 0.25) is 0 Å². The summed E-state index contributed by atoms with van der Waals surface area (Å²) in [4.78, 5) is 26.9. The van der Waals surface area contributed by atoms with Crippen LogP contribution in [0, 0.1) is 12.8 Å². The third kappa shape index (κ3) is 2.70. The first-order chi connectivity index (χ1) is 10.0. The van der Waals surface area contributed by atoms with Gasteiger partial charge in [-0.3, -0.25) is 9.59 Å². The Hall–Kier alpha value is -2.11. The zero-order chi connectivity index (χ0) is 15.0. The van der Waals surface area contributed by atoms with E-state index in [9.17, 15) is 9.59 Å². The zero-order valence-electron chi connectivity index (χ0n) is 12.3. The lowest BCUT2D eigenvalue weighted by Gasteiger charge is -2.29. The molecule has 0 saturated heterocycles. The molecule has 2 atom stereocenters. The van der Waals surface area contributed by atoms with Gasteiger partial charge in [-0.1, -0.05) is 19.8 Å². The van der Waals surface area contributed by atoms with Gasteiger partial charge in [0.1, 0.15) is 5.52 Å². The molecule has 0 radical (unpaired) electrons. The summed E-state index contributed by atoms with van der Waals surface area (Å²) in [7, 11) is 0. The number of hydrogen-bond donors (Lipinski definition) is 2. The standard InChI is InChI=1S/C15H20N4O2/c1-9-5-3-4-6-11(9)17-14(20)12-7-13-15(21)16-10(2)8-19(13)18-12/h7-9,11H,3-6H2,1-2H3,(H,16,21)(H,17,20)/t9-,11+/m1/s1. The molecule has 2 N–H and O–H groups in total. The highest BCUT2D eigenvalue weighted by Gasteiger charge is 2.24. The molecule has 3 rings (SSSR count). The molecule has 2 aromatic rings. The molecule has 0 aromatic carbocycles. The van der Waals surface area contributed by atoms with Crippen molar-refractivity contribution >= 4 is 11.4 Å². The van der Waals surface area contributed by atoms with E-state index in [1.165, 1.54) is 10.9 Å². The highest BCUT2D eigenvalue weighted by molar-refractivity contribution is 5.93. The van der Waals surface area contributed by atoms with Crippen LogP contribution in [-0.2, 0) is 0 Å². The monoisotopic (exact) mass is 288 g/mol. The number of fused-ring (bicyclic) bond motifs is 1. The highest BCUT2D eigenvalue weighted by Crippen LogP contribution is 2.23. The second-order valence-electron chi connectivity index (χ2n) is 5.97. The normalized spacial score (nSPS) is 22.4. The van der Waals surface area contributed by atoms with Gasteiger partial charge < -0.3 is 10.3 Å². The number of carbonyl (C=O) groups excluding carboxylic acids is 1. The van der Waals surface area contributed by atoms with Crippen molar-refractivity contribution in [2.24, 2.45) is 5.92 Å². The van der Waals surface area contributed by atoms with Crippen molar-refractivity contribution in [1.82, 2.24) is 19.9 Å². The first-order valence-corrected chi connectivity index (χ1v) is 7.45. The lowest BCUT2D eigenvalue weighted by atomic mass is 9.86. The molecule has 0 spiro atoms. The number of H-pyrrole nitrogens is 1. The fourth-order valence-corrected chi connectivity index (χ4v) is 3.01. The zero-order valence-corrected chi connectivity index (χ0v) is 12.3. The molecule has 6 heteroatoms. The molecule has 2 aromatic heterocycles. The molecule has 1 amide bonds. The van der Waals surface area contributed by atoms with E-state index in [4.69, 9.17) is 0 Å². The molecular formula is C15H20N4O2. The third-order valence-corrected chi connectivity index (χ3v) is 4.26. The minimum absolute atomic E-state index is 0.200. The lowest BCUT2D eigenvalue weighted by molar-refractivity contribution is 0.0905. The van der Waals surface area contributed by atoms with Crippen molar-refractivity contribution in [1.29, 1.82) is 0 Å². The van der Waals surface area contributed by atoms with E-state index in [2.05, 4.69) is 22.3 Å². The molecule has 0 bridgehead atoms. The van der Waals surface area contributed by atoms with E-state index in [1.54, 1.807) is 19.2 Å². The summed E-state index contributed by atoms with van der Waals surface area (Å²) < 4.78 is 1.47. The van der Waals surface area contributed by atoms with E-state index < -0.39 is 0 Å². The van der Waals surface area contributed by atoms with Gasteiger partial charge in [0.25, 0.3) is 11.5 Å². The largest absolute Gasteiger partial charge is 0.348 e. The van der Waals surface area contributed by atoms with Gasteiger partial charge in [0.05, 0.1) is 0 Å². The topological polar surface area (TPSA) is 79.3 Å². The van der Waals surface area contributed by atoms with Crippen LogP contribution in [0.1, 0.15) is 48.8 Å². The van der Waals surface area contributed by atoms with Gasteiger partial charge in [-0.25, -0.2) is 4.52 Å². The van der Waals surface area contributed by atoms with Gasteiger partial charge in [-0.15, -0.1) is 0 Å². The number of carbonyl (C=O) groups is 1. The van der Waals surface area contributed by atoms with Crippen molar-refractivity contribution in [2.45, 2.75) is 45.6 Å². The van der Waals surface area contributed by atoms with Crippen molar-refractivity contribution in [3.8, 4) is 0 Å². The summed E-state index contributed by atoms with van der Waals surface area (Å²) >= 11 is 0. The van der Waals surface area contributed by atoms with Gasteiger partial charge in [-0.2, -0.15) is 5.10 Å². The van der Waals surface area contributed by atoms with Crippen LogP contribution in [-0.4, -0.2) is 26.5 Å². The average molecular weight is 288 g/mol.